The fourth-order valence-electron chi connectivity index (χ4n) is 5.25. The number of rotatable bonds is 5. The van der Waals surface area contributed by atoms with Crippen LogP contribution in [0.2, 0.25) is 0 Å². The predicted molar refractivity (Wildman–Crippen MR) is 121 cm³/mol. The molecule has 28 heavy (non-hydrogen) atoms. The largest absolute Gasteiger partial charge is 0.348 e. The Morgan fingerprint density at radius 2 is 1.86 bits per heavy atom. The van der Waals surface area contributed by atoms with Crippen molar-refractivity contribution in [1.29, 1.82) is 0 Å². The number of nitrogens with two attached hydrogens (primary N) is 1. The van der Waals surface area contributed by atoms with Gasteiger partial charge in [0.25, 0.3) is 0 Å². The van der Waals surface area contributed by atoms with Crippen molar-refractivity contribution in [3.8, 4) is 11.3 Å². The Bertz CT molecular complexity index is 831. The van der Waals surface area contributed by atoms with Crippen LogP contribution in [0.1, 0.15) is 58.1 Å². The Morgan fingerprint density at radius 3 is 2.57 bits per heavy atom. The van der Waals surface area contributed by atoms with E-state index in [-0.39, 0.29) is 10.8 Å². The molecule has 0 bridgehead atoms. The molecule has 5 heteroatoms. The molecule has 0 amide bonds. The molecule has 2 aromatic rings. The van der Waals surface area contributed by atoms with Gasteiger partial charge in [-0.1, -0.05) is 39.8 Å². The summed E-state index contributed by atoms with van der Waals surface area (Å²) in [7, 11) is 0. The number of nitrogens with one attached hydrogen (secondary N) is 1. The summed E-state index contributed by atoms with van der Waals surface area (Å²) in [6, 6.07) is 7.60. The van der Waals surface area contributed by atoms with E-state index < -0.39 is 0 Å². The topological polar surface area (TPSA) is 54.2 Å². The molecule has 1 aliphatic carbocycles. The highest BCUT2D eigenvalue weighted by Crippen LogP contribution is 2.50. The molecule has 4 nitrogen and oxygen atoms in total. The zero-order chi connectivity index (χ0) is 19.9. The average Bonchev–Trinajstić information content (AvgIpc) is 3.22. The van der Waals surface area contributed by atoms with Crippen molar-refractivity contribution in [2.75, 3.05) is 31.1 Å². The molecular weight excluding hydrogens is 364 g/mol. The number of fused-ring (bicyclic) bond motifs is 1. The van der Waals surface area contributed by atoms with Gasteiger partial charge in [-0.25, -0.2) is 4.98 Å². The van der Waals surface area contributed by atoms with Crippen LogP contribution < -0.4 is 16.0 Å². The van der Waals surface area contributed by atoms with E-state index in [9.17, 15) is 0 Å². The van der Waals surface area contributed by atoms with E-state index in [1.165, 1.54) is 23.1 Å². The van der Waals surface area contributed by atoms with Crippen molar-refractivity contribution in [2.45, 2.75) is 63.8 Å². The van der Waals surface area contributed by atoms with E-state index in [0.29, 0.717) is 12.6 Å². The first-order valence-corrected chi connectivity index (χ1v) is 11.5. The summed E-state index contributed by atoms with van der Waals surface area (Å²) in [5, 5.41) is 6.93. The Balaban J connectivity index is 1.50. The van der Waals surface area contributed by atoms with Gasteiger partial charge in [0.1, 0.15) is 0 Å². The van der Waals surface area contributed by atoms with Crippen molar-refractivity contribution >= 4 is 16.5 Å². The Labute approximate surface area is 173 Å². The second-order valence-corrected chi connectivity index (χ2v) is 10.6. The van der Waals surface area contributed by atoms with E-state index in [1.807, 2.05) is 0 Å². The zero-order valence-electron chi connectivity index (χ0n) is 17.7. The first-order valence-electron chi connectivity index (χ1n) is 10.6. The van der Waals surface area contributed by atoms with Crippen LogP contribution in [0.25, 0.3) is 11.3 Å². The molecule has 0 spiro atoms. The smallest absolute Gasteiger partial charge is 0.185 e. The lowest BCUT2D eigenvalue weighted by molar-refractivity contribution is 0.403. The highest BCUT2D eigenvalue weighted by Gasteiger charge is 2.41. The first-order chi connectivity index (χ1) is 13.3. The third-order valence-corrected chi connectivity index (χ3v) is 7.39. The van der Waals surface area contributed by atoms with E-state index >= 15 is 0 Å². The van der Waals surface area contributed by atoms with Gasteiger partial charge in [-0.3, -0.25) is 0 Å². The third kappa shape index (κ3) is 3.72. The lowest BCUT2D eigenvalue weighted by Crippen LogP contribution is -2.43. The molecule has 1 fully saturated rings. The van der Waals surface area contributed by atoms with Crippen molar-refractivity contribution in [3.63, 3.8) is 0 Å². The van der Waals surface area contributed by atoms with Gasteiger partial charge in [-0.2, -0.15) is 0 Å². The van der Waals surface area contributed by atoms with Gasteiger partial charge in [0.05, 0.1) is 5.69 Å². The zero-order valence-corrected chi connectivity index (χ0v) is 18.5. The van der Waals surface area contributed by atoms with Crippen molar-refractivity contribution < 1.29 is 0 Å². The number of hydrogen-bond donors (Lipinski definition) is 2. The van der Waals surface area contributed by atoms with Crippen LogP contribution >= 0.6 is 11.3 Å². The summed E-state index contributed by atoms with van der Waals surface area (Å²) in [4.78, 5) is 7.44. The summed E-state index contributed by atoms with van der Waals surface area (Å²) < 4.78 is 0. The molecule has 2 aliphatic rings. The number of thiazole rings is 1. The van der Waals surface area contributed by atoms with Crippen LogP contribution in [0, 0.1) is 0 Å². The maximum absolute atomic E-state index is 5.61. The fraction of sp³-hybridized carbons (Fsp3) is 0.609. The molecule has 1 aromatic heterocycles. The van der Waals surface area contributed by atoms with Crippen LogP contribution in [0.4, 0.5) is 5.13 Å². The quantitative estimate of drug-likeness (QED) is 0.789. The Kier molecular flexibility index (Phi) is 5.27. The van der Waals surface area contributed by atoms with Gasteiger partial charge < -0.3 is 16.0 Å². The third-order valence-electron chi connectivity index (χ3n) is 6.49. The standard InChI is InChI=1S/C23H34N4S/c1-22(2)15-23(3,4)19-13-16(5-6-18(19)22)20-14-28-21(26-20)27-11-7-17(8-12-27)25-10-9-24/h5-6,13-14,17,25H,7-12,15,24H2,1-4H3. The Hall–Kier alpha value is -1.43. The normalized spacial score (nSPS) is 21.1. The van der Waals surface area contributed by atoms with Crippen LogP contribution in [-0.2, 0) is 10.8 Å². The molecule has 0 atom stereocenters. The molecule has 1 saturated heterocycles. The van der Waals surface area contributed by atoms with Gasteiger partial charge in [0.2, 0.25) is 0 Å². The molecule has 2 heterocycles. The number of anilines is 1. The minimum Gasteiger partial charge on any atom is -0.348 e. The lowest BCUT2D eigenvalue weighted by Gasteiger charge is -2.32. The van der Waals surface area contributed by atoms with E-state index in [1.54, 1.807) is 11.3 Å². The van der Waals surface area contributed by atoms with Crippen LogP contribution in [-0.4, -0.2) is 37.2 Å². The average molecular weight is 399 g/mol. The van der Waals surface area contributed by atoms with Crippen LogP contribution in [0.3, 0.4) is 0 Å². The second kappa shape index (κ2) is 7.43. The monoisotopic (exact) mass is 398 g/mol. The van der Waals surface area contributed by atoms with E-state index in [4.69, 9.17) is 10.7 Å². The maximum atomic E-state index is 5.61. The maximum Gasteiger partial charge on any atom is 0.185 e. The van der Waals surface area contributed by atoms with Gasteiger partial charge in [-0.05, 0) is 47.3 Å². The number of nitrogens with zero attached hydrogens (tertiary/aromatic N) is 2. The Morgan fingerprint density at radius 1 is 1.14 bits per heavy atom. The number of benzene rings is 1. The fourth-order valence-corrected chi connectivity index (χ4v) is 6.14. The van der Waals surface area contributed by atoms with Crippen LogP contribution in [0.5, 0.6) is 0 Å². The molecule has 0 radical (unpaired) electrons. The van der Waals surface area contributed by atoms with Gasteiger partial charge in [0, 0.05) is 43.2 Å². The number of piperidine rings is 1. The summed E-state index contributed by atoms with van der Waals surface area (Å²) >= 11 is 1.78. The minimum atomic E-state index is 0.228. The number of hydrogen-bond acceptors (Lipinski definition) is 5. The van der Waals surface area contributed by atoms with Crippen molar-refractivity contribution in [1.82, 2.24) is 10.3 Å². The molecule has 1 aliphatic heterocycles. The van der Waals surface area contributed by atoms with Gasteiger partial charge in [-0.15, -0.1) is 11.3 Å². The molecule has 0 saturated carbocycles. The molecule has 1 aromatic carbocycles. The van der Waals surface area contributed by atoms with Crippen molar-refractivity contribution in [3.05, 3.63) is 34.7 Å². The minimum absolute atomic E-state index is 0.228. The molecule has 3 N–H and O–H groups in total. The van der Waals surface area contributed by atoms with Gasteiger partial charge >= 0.3 is 0 Å². The van der Waals surface area contributed by atoms with E-state index in [0.717, 1.165) is 43.3 Å². The predicted octanol–water partition coefficient (Wildman–Crippen LogP) is 4.29. The summed E-state index contributed by atoms with van der Waals surface area (Å²) in [6.45, 7) is 13.3. The van der Waals surface area contributed by atoms with E-state index in [2.05, 4.69) is 61.5 Å². The second-order valence-electron chi connectivity index (χ2n) is 9.72. The van der Waals surface area contributed by atoms with Crippen molar-refractivity contribution in [2.24, 2.45) is 5.73 Å². The first kappa shape index (κ1) is 19.9. The summed E-state index contributed by atoms with van der Waals surface area (Å²) in [5.41, 5.74) is 11.5. The lowest BCUT2D eigenvalue weighted by atomic mass is 9.82. The molecule has 0 unspecified atom stereocenters. The molecule has 152 valence electrons. The highest BCUT2D eigenvalue weighted by atomic mass is 32.1. The highest BCUT2D eigenvalue weighted by molar-refractivity contribution is 7.14. The van der Waals surface area contributed by atoms with Gasteiger partial charge in [0.15, 0.2) is 5.13 Å². The summed E-state index contributed by atoms with van der Waals surface area (Å²) in [6.07, 6.45) is 3.53. The SMILES string of the molecule is CC1(C)CC(C)(C)c2cc(-c3csc(N4CCC(NCCN)CC4)n3)ccc21. The number of aromatic nitrogens is 1. The molecule has 4 rings (SSSR count). The van der Waals surface area contributed by atoms with Crippen LogP contribution in [0.15, 0.2) is 23.6 Å². The molecular formula is C23H34N4S. The summed E-state index contributed by atoms with van der Waals surface area (Å²) in [5.74, 6) is 0.